The monoisotopic (exact) mass is 477 g/mol. The van der Waals surface area contributed by atoms with Gasteiger partial charge in [0, 0.05) is 58.9 Å². The number of unbranched alkanes of at least 4 members (excludes halogenated alkanes) is 1. The molecule has 9 nitrogen and oxygen atoms in total. The van der Waals surface area contributed by atoms with Gasteiger partial charge in [0.25, 0.3) is 5.91 Å². The first kappa shape index (κ1) is 26.6. The van der Waals surface area contributed by atoms with Crippen molar-refractivity contribution in [2.24, 2.45) is 5.92 Å². The predicted molar refractivity (Wildman–Crippen MR) is 130 cm³/mol. The van der Waals surface area contributed by atoms with Gasteiger partial charge in [-0.2, -0.15) is 0 Å². The fourth-order valence-corrected chi connectivity index (χ4v) is 4.95. The molecule has 1 aromatic heterocycles. The van der Waals surface area contributed by atoms with Crippen LogP contribution >= 0.6 is 0 Å². The predicted octanol–water partition coefficient (Wildman–Crippen LogP) is 2.06. The van der Waals surface area contributed by atoms with Crippen LogP contribution in [0.5, 0.6) is 0 Å². The molecule has 0 spiro atoms. The maximum Gasteiger partial charge on any atom is 0.275 e. The lowest BCUT2D eigenvalue weighted by Gasteiger charge is -2.35. The van der Waals surface area contributed by atoms with Crippen molar-refractivity contribution in [2.45, 2.75) is 65.5 Å². The Hall–Kier alpha value is -1.97. The number of rotatable bonds is 11. The van der Waals surface area contributed by atoms with Gasteiger partial charge in [0.1, 0.15) is 6.26 Å². The molecule has 3 rings (SSSR count). The van der Waals surface area contributed by atoms with Crippen LogP contribution in [0.2, 0.25) is 0 Å². The summed E-state index contributed by atoms with van der Waals surface area (Å²) in [7, 11) is 0. The average molecular weight is 478 g/mol. The first-order valence-corrected chi connectivity index (χ1v) is 13.1. The Morgan fingerprint density at radius 2 is 1.85 bits per heavy atom. The first-order chi connectivity index (χ1) is 16.4. The lowest BCUT2D eigenvalue weighted by atomic mass is 9.96. The molecule has 0 unspecified atom stereocenters. The molecule has 1 aromatic rings. The van der Waals surface area contributed by atoms with Crippen LogP contribution in [0.4, 0.5) is 0 Å². The van der Waals surface area contributed by atoms with Gasteiger partial charge in [-0.15, -0.1) is 0 Å². The second-order valence-corrected chi connectivity index (χ2v) is 9.60. The first-order valence-electron chi connectivity index (χ1n) is 13.1. The lowest BCUT2D eigenvalue weighted by Crippen LogP contribution is -2.48. The Kier molecular flexibility index (Phi) is 10.3. The van der Waals surface area contributed by atoms with E-state index in [9.17, 15) is 14.7 Å². The minimum absolute atomic E-state index is 0.138. The van der Waals surface area contributed by atoms with Gasteiger partial charge in [-0.1, -0.05) is 19.8 Å². The van der Waals surface area contributed by atoms with Gasteiger partial charge in [-0.25, -0.2) is 4.98 Å². The molecule has 1 N–H and O–H groups in total. The van der Waals surface area contributed by atoms with Crippen molar-refractivity contribution in [1.82, 2.24) is 24.6 Å². The number of carbonyl (C=O) groups excluding carboxylic acids is 2. The summed E-state index contributed by atoms with van der Waals surface area (Å²) in [6.45, 7) is 13.5. The zero-order valence-corrected chi connectivity index (χ0v) is 21.2. The molecule has 2 amide bonds. The third-order valence-corrected chi connectivity index (χ3v) is 7.09. The normalized spacial score (nSPS) is 20.9. The topological polar surface area (TPSA) is 93.4 Å². The van der Waals surface area contributed by atoms with Crippen LogP contribution in [0.25, 0.3) is 0 Å². The van der Waals surface area contributed by atoms with Gasteiger partial charge in [-0.05, 0) is 33.1 Å². The second-order valence-electron chi connectivity index (χ2n) is 9.60. The zero-order chi connectivity index (χ0) is 24.5. The molecule has 2 fully saturated rings. The van der Waals surface area contributed by atoms with E-state index in [0.29, 0.717) is 44.3 Å². The Morgan fingerprint density at radius 1 is 1.15 bits per heavy atom. The smallest absolute Gasteiger partial charge is 0.275 e. The van der Waals surface area contributed by atoms with E-state index < -0.39 is 0 Å². The summed E-state index contributed by atoms with van der Waals surface area (Å²) in [4.78, 5) is 38.4. The maximum atomic E-state index is 13.0. The van der Waals surface area contributed by atoms with Gasteiger partial charge in [-0.3, -0.25) is 19.4 Å². The molecule has 0 radical (unpaired) electrons. The number of likely N-dealkylation sites (tertiary alicyclic amines) is 1. The molecule has 2 aliphatic heterocycles. The van der Waals surface area contributed by atoms with Crippen LogP contribution in [0.3, 0.4) is 0 Å². The molecular weight excluding hydrogens is 434 g/mol. The molecular formula is C25H43N5O4. The Labute approximate surface area is 204 Å². The SMILES string of the molecule is CCCC[C@H](O)CN1CCN(Cc2nc(C(=O)N3CCC[C@@H](C(=O)N(CC)CC)C3)co2)CC1. The van der Waals surface area contributed by atoms with E-state index in [1.165, 1.54) is 6.26 Å². The van der Waals surface area contributed by atoms with E-state index in [2.05, 4.69) is 21.7 Å². The van der Waals surface area contributed by atoms with Crippen molar-refractivity contribution < 1.29 is 19.1 Å². The van der Waals surface area contributed by atoms with Gasteiger partial charge < -0.3 is 19.3 Å². The van der Waals surface area contributed by atoms with Crippen molar-refractivity contribution in [3.63, 3.8) is 0 Å². The number of hydrogen-bond donors (Lipinski definition) is 1. The number of carbonyl (C=O) groups is 2. The standard InChI is InChI=1S/C25H43N5O4/c1-4-7-10-21(31)17-27-12-14-28(15-13-27)18-23-26-22(19-34-23)25(33)30-11-8-9-20(16-30)24(32)29(5-2)6-3/h19-21,31H,4-18H2,1-3H3/t20-,21+/m1/s1. The van der Waals surface area contributed by atoms with Crippen LogP contribution in [0, 0.1) is 5.92 Å². The van der Waals surface area contributed by atoms with Gasteiger partial charge in [0.2, 0.25) is 11.8 Å². The number of oxazole rings is 1. The van der Waals surface area contributed by atoms with E-state index in [1.807, 2.05) is 18.7 Å². The van der Waals surface area contributed by atoms with Crippen LogP contribution < -0.4 is 0 Å². The van der Waals surface area contributed by atoms with Crippen LogP contribution in [0.1, 0.15) is 69.3 Å². The molecule has 9 heteroatoms. The van der Waals surface area contributed by atoms with Crippen molar-refractivity contribution in [3.8, 4) is 0 Å². The highest BCUT2D eigenvalue weighted by molar-refractivity contribution is 5.92. The number of β-amino-alcohol motifs (C(OH)–C–C–N with tert-alkyl or cyclic N) is 1. The highest BCUT2D eigenvalue weighted by Crippen LogP contribution is 2.21. The molecule has 0 bridgehead atoms. The summed E-state index contributed by atoms with van der Waals surface area (Å²) in [6.07, 6.45) is 5.90. The molecule has 34 heavy (non-hydrogen) atoms. The Morgan fingerprint density at radius 3 is 2.53 bits per heavy atom. The minimum atomic E-state index is -0.247. The van der Waals surface area contributed by atoms with Crippen molar-refractivity contribution in [1.29, 1.82) is 0 Å². The number of piperazine rings is 1. The van der Waals surface area contributed by atoms with Gasteiger partial charge in [0.05, 0.1) is 18.6 Å². The number of nitrogens with zero attached hydrogens (tertiary/aromatic N) is 5. The summed E-state index contributed by atoms with van der Waals surface area (Å²) in [5.41, 5.74) is 0.323. The molecule has 2 aliphatic rings. The van der Waals surface area contributed by atoms with Crippen LogP contribution in [-0.2, 0) is 11.3 Å². The molecule has 0 aromatic carbocycles. The third-order valence-electron chi connectivity index (χ3n) is 7.09. The van der Waals surface area contributed by atoms with E-state index >= 15 is 0 Å². The zero-order valence-electron chi connectivity index (χ0n) is 21.2. The highest BCUT2D eigenvalue weighted by Gasteiger charge is 2.32. The van der Waals surface area contributed by atoms with Crippen molar-refractivity contribution >= 4 is 11.8 Å². The number of aliphatic hydroxyl groups excluding tert-OH is 1. The Balaban J connectivity index is 1.47. The van der Waals surface area contributed by atoms with E-state index in [0.717, 1.165) is 64.8 Å². The summed E-state index contributed by atoms with van der Waals surface area (Å²) in [6, 6.07) is 0. The molecule has 0 saturated carbocycles. The maximum absolute atomic E-state index is 13.0. The molecule has 2 saturated heterocycles. The van der Waals surface area contributed by atoms with E-state index in [4.69, 9.17) is 4.42 Å². The fraction of sp³-hybridized carbons (Fsp3) is 0.800. The van der Waals surface area contributed by atoms with E-state index in [-0.39, 0.29) is 23.8 Å². The minimum Gasteiger partial charge on any atom is -0.447 e. The lowest BCUT2D eigenvalue weighted by molar-refractivity contribution is -0.136. The third kappa shape index (κ3) is 7.26. The number of aromatic nitrogens is 1. The van der Waals surface area contributed by atoms with Gasteiger partial charge in [0.15, 0.2) is 5.69 Å². The molecule has 192 valence electrons. The number of aliphatic hydroxyl groups is 1. The second kappa shape index (κ2) is 13.2. The average Bonchev–Trinajstić information content (AvgIpc) is 3.32. The summed E-state index contributed by atoms with van der Waals surface area (Å²) >= 11 is 0. The van der Waals surface area contributed by atoms with Crippen molar-refractivity contribution in [2.75, 3.05) is 58.9 Å². The molecule has 0 aliphatic carbocycles. The number of piperidine rings is 1. The largest absolute Gasteiger partial charge is 0.447 e. The van der Waals surface area contributed by atoms with Crippen LogP contribution in [0.15, 0.2) is 10.7 Å². The summed E-state index contributed by atoms with van der Waals surface area (Å²) < 4.78 is 5.63. The quantitative estimate of drug-likeness (QED) is 0.521. The molecule has 3 heterocycles. The molecule has 2 atom stereocenters. The fourth-order valence-electron chi connectivity index (χ4n) is 4.95. The van der Waals surface area contributed by atoms with E-state index in [1.54, 1.807) is 4.90 Å². The number of hydrogen-bond acceptors (Lipinski definition) is 7. The Bertz CT molecular complexity index is 773. The van der Waals surface area contributed by atoms with Crippen molar-refractivity contribution in [3.05, 3.63) is 17.8 Å². The highest BCUT2D eigenvalue weighted by atomic mass is 16.3. The number of amides is 2. The van der Waals surface area contributed by atoms with Gasteiger partial charge >= 0.3 is 0 Å². The summed E-state index contributed by atoms with van der Waals surface area (Å²) in [5, 5.41) is 10.2. The summed E-state index contributed by atoms with van der Waals surface area (Å²) in [5.74, 6) is 0.395. The van der Waals surface area contributed by atoms with Crippen LogP contribution in [-0.4, -0.2) is 107 Å².